The molecule has 2 rings (SSSR count). The predicted molar refractivity (Wildman–Crippen MR) is 68.4 cm³/mol. The summed E-state index contributed by atoms with van der Waals surface area (Å²) in [7, 11) is 1.82. The molecule has 0 radical (unpaired) electrons. The fourth-order valence-corrected chi connectivity index (χ4v) is 2.93. The van der Waals surface area contributed by atoms with Gasteiger partial charge in [0.05, 0.1) is 25.4 Å². The molecule has 6 atom stereocenters. The van der Waals surface area contributed by atoms with Crippen molar-refractivity contribution in [2.45, 2.75) is 43.3 Å². The minimum Gasteiger partial charge on any atom is -0.394 e. The molecule has 2 saturated heterocycles. The Kier molecular flexibility index (Phi) is 5.82. The molecule has 2 aliphatic rings. The van der Waals surface area contributed by atoms with E-state index in [9.17, 15) is 5.11 Å². The van der Waals surface area contributed by atoms with Crippen LogP contribution in [0.5, 0.6) is 0 Å². The van der Waals surface area contributed by atoms with Crippen molar-refractivity contribution >= 4 is 16.9 Å². The fourth-order valence-electron chi connectivity index (χ4n) is 2.23. The van der Waals surface area contributed by atoms with E-state index >= 15 is 0 Å². The molecule has 6 nitrogen and oxygen atoms in total. The minimum atomic E-state index is -0.454. The normalized spacial score (nSPS) is 41.1. The average Bonchev–Trinajstić information content (AvgIpc) is 2.91. The summed E-state index contributed by atoms with van der Waals surface area (Å²) in [6, 6.07) is 0.0832. The van der Waals surface area contributed by atoms with Gasteiger partial charge in [0.1, 0.15) is 20.1 Å². The molecule has 0 aromatic heterocycles. The highest BCUT2D eigenvalue weighted by Crippen LogP contribution is 2.27. The highest BCUT2D eigenvalue weighted by molar-refractivity contribution is 7.26. The van der Waals surface area contributed by atoms with E-state index in [0.717, 1.165) is 6.42 Å². The lowest BCUT2D eigenvalue weighted by Gasteiger charge is -2.18. The van der Waals surface area contributed by atoms with Gasteiger partial charge < -0.3 is 28.7 Å². The Hall–Kier alpha value is 0.255. The summed E-state index contributed by atoms with van der Waals surface area (Å²) in [6.45, 7) is 0.917. The Morgan fingerprint density at radius 1 is 1.39 bits per heavy atom. The SMILES string of the molecule is B[C@H]1CC(O)[C@@H](COPOC2CCO[C@@H]2CO)O1. The first-order chi connectivity index (χ1) is 8.70. The van der Waals surface area contributed by atoms with E-state index in [4.69, 9.17) is 23.6 Å². The number of rotatable bonds is 6. The Labute approximate surface area is 109 Å². The first-order valence-corrected chi connectivity index (χ1v) is 7.10. The van der Waals surface area contributed by atoms with E-state index in [2.05, 4.69) is 0 Å². The molecule has 0 spiro atoms. The topological polar surface area (TPSA) is 77.4 Å². The van der Waals surface area contributed by atoms with Gasteiger partial charge in [0, 0.05) is 19.0 Å². The quantitative estimate of drug-likeness (QED) is 0.360. The van der Waals surface area contributed by atoms with Gasteiger partial charge in [0.15, 0.2) is 9.03 Å². The lowest BCUT2D eigenvalue weighted by molar-refractivity contribution is -0.00472. The van der Waals surface area contributed by atoms with Crippen molar-refractivity contribution in [1.82, 2.24) is 0 Å². The monoisotopic (exact) mass is 278 g/mol. The Morgan fingerprint density at radius 2 is 2.22 bits per heavy atom. The molecule has 2 N–H and O–H groups in total. The molecule has 0 amide bonds. The molecule has 0 aliphatic carbocycles. The molecule has 3 unspecified atom stereocenters. The summed E-state index contributed by atoms with van der Waals surface area (Å²) >= 11 is 0. The maximum absolute atomic E-state index is 9.65. The molecule has 0 saturated carbocycles. The van der Waals surface area contributed by atoms with Crippen molar-refractivity contribution in [3.8, 4) is 0 Å². The van der Waals surface area contributed by atoms with E-state index in [1.807, 2.05) is 7.85 Å². The van der Waals surface area contributed by atoms with E-state index in [-0.39, 0.29) is 40.0 Å². The number of ether oxygens (including phenoxy) is 2. The van der Waals surface area contributed by atoms with Crippen LogP contribution in [0.4, 0.5) is 0 Å². The van der Waals surface area contributed by atoms with Gasteiger partial charge in [-0.3, -0.25) is 0 Å². The van der Waals surface area contributed by atoms with Crippen LogP contribution in [-0.2, 0) is 18.5 Å². The van der Waals surface area contributed by atoms with Crippen molar-refractivity contribution in [3.05, 3.63) is 0 Å². The summed E-state index contributed by atoms with van der Waals surface area (Å²) in [5.74, 6) is 0. The smallest absolute Gasteiger partial charge is 0.155 e. The first kappa shape index (κ1) is 14.7. The second kappa shape index (κ2) is 7.15. The molecule has 0 aromatic carbocycles. The molecule has 18 heavy (non-hydrogen) atoms. The van der Waals surface area contributed by atoms with Crippen LogP contribution in [0.1, 0.15) is 12.8 Å². The third-order valence-electron chi connectivity index (χ3n) is 3.24. The number of hydrogen-bond donors (Lipinski definition) is 2. The summed E-state index contributed by atoms with van der Waals surface area (Å²) in [4.78, 5) is 0. The van der Waals surface area contributed by atoms with Gasteiger partial charge in [0.25, 0.3) is 0 Å². The predicted octanol–water partition coefficient (Wildman–Crippen LogP) is -1.21. The summed E-state index contributed by atoms with van der Waals surface area (Å²) in [5.41, 5.74) is 0. The van der Waals surface area contributed by atoms with Crippen LogP contribution < -0.4 is 0 Å². The Bertz CT molecular complexity index is 255. The van der Waals surface area contributed by atoms with E-state index in [1.54, 1.807) is 0 Å². The van der Waals surface area contributed by atoms with E-state index in [0.29, 0.717) is 19.6 Å². The lowest BCUT2D eigenvalue weighted by Crippen LogP contribution is -2.27. The van der Waals surface area contributed by atoms with Gasteiger partial charge in [0.2, 0.25) is 0 Å². The fraction of sp³-hybridized carbons (Fsp3) is 1.00. The number of aliphatic hydroxyl groups excluding tert-OH is 2. The van der Waals surface area contributed by atoms with Crippen LogP contribution in [0.15, 0.2) is 0 Å². The van der Waals surface area contributed by atoms with Gasteiger partial charge >= 0.3 is 0 Å². The second-order valence-electron chi connectivity index (χ2n) is 4.72. The molecular weight excluding hydrogens is 258 g/mol. The van der Waals surface area contributed by atoms with Crippen molar-refractivity contribution in [2.24, 2.45) is 0 Å². The number of hydrogen-bond acceptors (Lipinski definition) is 6. The third-order valence-corrected chi connectivity index (χ3v) is 3.93. The number of aliphatic hydroxyl groups is 2. The van der Waals surface area contributed by atoms with Crippen LogP contribution in [0.25, 0.3) is 0 Å². The van der Waals surface area contributed by atoms with Gasteiger partial charge in [-0.05, 0) is 6.42 Å². The standard InChI is InChI=1S/C10H20BO6P/c11-10-3-6(13)9(16-10)5-15-18-17-7-1-2-14-8(7)4-12/h6-10,12-13,18H,1-5,11H2/t6?,7?,8-,9-,10-/m1/s1. The molecular formula is C10H20BO6P. The second-order valence-corrected chi connectivity index (χ2v) is 5.41. The Morgan fingerprint density at radius 3 is 2.89 bits per heavy atom. The minimum absolute atomic E-state index is 0.0306. The molecule has 0 aromatic rings. The summed E-state index contributed by atoms with van der Waals surface area (Å²) in [6.07, 6.45) is 0.382. The van der Waals surface area contributed by atoms with Crippen LogP contribution in [0.2, 0.25) is 0 Å². The molecule has 2 fully saturated rings. The molecule has 104 valence electrons. The third kappa shape index (κ3) is 3.87. The van der Waals surface area contributed by atoms with Gasteiger partial charge in [-0.1, -0.05) is 0 Å². The summed E-state index contributed by atoms with van der Waals surface area (Å²) < 4.78 is 21.7. The maximum Gasteiger partial charge on any atom is 0.155 e. The molecule has 0 bridgehead atoms. The zero-order valence-electron chi connectivity index (χ0n) is 10.4. The Balaban J connectivity index is 1.58. The van der Waals surface area contributed by atoms with Crippen LogP contribution in [-0.4, -0.2) is 68.3 Å². The van der Waals surface area contributed by atoms with Crippen LogP contribution >= 0.6 is 9.03 Å². The zero-order valence-corrected chi connectivity index (χ0v) is 11.4. The summed E-state index contributed by atoms with van der Waals surface area (Å²) in [5, 5.41) is 18.7. The highest BCUT2D eigenvalue weighted by atomic mass is 31.1. The van der Waals surface area contributed by atoms with Crippen molar-refractivity contribution in [3.63, 3.8) is 0 Å². The van der Waals surface area contributed by atoms with Crippen molar-refractivity contribution in [2.75, 3.05) is 19.8 Å². The average molecular weight is 278 g/mol. The maximum atomic E-state index is 9.65. The molecule has 2 aliphatic heterocycles. The molecule has 8 heteroatoms. The van der Waals surface area contributed by atoms with Crippen molar-refractivity contribution < 1.29 is 28.7 Å². The largest absolute Gasteiger partial charge is 0.394 e. The van der Waals surface area contributed by atoms with Crippen LogP contribution in [0.3, 0.4) is 0 Å². The van der Waals surface area contributed by atoms with Gasteiger partial charge in [-0.2, -0.15) is 0 Å². The lowest BCUT2D eigenvalue weighted by atomic mass is 9.96. The van der Waals surface area contributed by atoms with E-state index < -0.39 is 6.10 Å². The molecule has 2 heterocycles. The van der Waals surface area contributed by atoms with Gasteiger partial charge in [-0.15, -0.1) is 0 Å². The van der Waals surface area contributed by atoms with Gasteiger partial charge in [-0.25, -0.2) is 0 Å². The van der Waals surface area contributed by atoms with Crippen molar-refractivity contribution in [1.29, 1.82) is 0 Å². The zero-order chi connectivity index (χ0) is 13.0. The first-order valence-electron chi connectivity index (χ1n) is 6.29. The van der Waals surface area contributed by atoms with E-state index in [1.165, 1.54) is 0 Å². The highest BCUT2D eigenvalue weighted by Gasteiger charge is 2.32. The van der Waals surface area contributed by atoms with Crippen LogP contribution in [0, 0.1) is 0 Å².